The summed E-state index contributed by atoms with van der Waals surface area (Å²) in [6, 6.07) is 1.78. The molecular formula is C8H16N4O2S. The summed E-state index contributed by atoms with van der Waals surface area (Å²) < 4.78 is 26.9. The molecule has 0 amide bonds. The van der Waals surface area contributed by atoms with Crippen LogP contribution in [0.5, 0.6) is 0 Å². The molecule has 0 aliphatic heterocycles. The lowest BCUT2D eigenvalue weighted by atomic mass is 10.4. The van der Waals surface area contributed by atoms with E-state index in [0.717, 1.165) is 0 Å². The highest BCUT2D eigenvalue weighted by Crippen LogP contribution is 1.94. The fraction of sp³-hybridized carbons (Fsp3) is 0.625. The normalized spacial score (nSPS) is 11.9. The van der Waals surface area contributed by atoms with Gasteiger partial charge in [-0.3, -0.25) is 4.68 Å². The lowest BCUT2D eigenvalue weighted by Gasteiger charge is -2.04. The van der Waals surface area contributed by atoms with Gasteiger partial charge in [0.05, 0.1) is 18.0 Å². The van der Waals surface area contributed by atoms with Gasteiger partial charge in [0.15, 0.2) is 0 Å². The second-order valence-corrected chi connectivity index (χ2v) is 5.15. The van der Waals surface area contributed by atoms with Gasteiger partial charge in [0.2, 0.25) is 10.0 Å². The smallest absolute Gasteiger partial charge is 0.213 e. The molecule has 7 heteroatoms. The zero-order chi connectivity index (χ0) is 11.3. The lowest BCUT2D eigenvalue weighted by Crippen LogP contribution is -2.30. The van der Waals surface area contributed by atoms with Crippen molar-refractivity contribution in [1.82, 2.24) is 19.8 Å². The zero-order valence-electron chi connectivity index (χ0n) is 8.90. The van der Waals surface area contributed by atoms with Crippen LogP contribution in [0.15, 0.2) is 12.3 Å². The average molecular weight is 232 g/mol. The maximum Gasteiger partial charge on any atom is 0.213 e. The molecule has 1 heterocycles. The standard InChI is InChI=1S/C8H16N4O2S/c1-9-4-6-15(13,14)10-7-8-3-5-12(2)11-8/h3,5,9-10H,4,6-7H2,1-2H3. The van der Waals surface area contributed by atoms with Crippen molar-refractivity contribution in [3.05, 3.63) is 18.0 Å². The summed E-state index contributed by atoms with van der Waals surface area (Å²) in [4.78, 5) is 0. The summed E-state index contributed by atoms with van der Waals surface area (Å²) in [5, 5.41) is 6.86. The predicted octanol–water partition coefficient (Wildman–Crippen LogP) is -0.941. The van der Waals surface area contributed by atoms with E-state index in [1.165, 1.54) is 0 Å². The van der Waals surface area contributed by atoms with Crippen LogP contribution >= 0.6 is 0 Å². The lowest BCUT2D eigenvalue weighted by molar-refractivity contribution is 0.577. The van der Waals surface area contributed by atoms with Crippen LogP contribution in [-0.2, 0) is 23.6 Å². The van der Waals surface area contributed by atoms with Gasteiger partial charge in [-0.2, -0.15) is 5.10 Å². The average Bonchev–Trinajstić information content (AvgIpc) is 2.59. The minimum atomic E-state index is -3.19. The van der Waals surface area contributed by atoms with Crippen molar-refractivity contribution >= 4 is 10.0 Å². The van der Waals surface area contributed by atoms with Gasteiger partial charge in [0.25, 0.3) is 0 Å². The Labute approximate surface area is 89.7 Å². The minimum Gasteiger partial charge on any atom is -0.319 e. The molecule has 0 aromatic carbocycles. The van der Waals surface area contributed by atoms with Gasteiger partial charge >= 0.3 is 0 Å². The molecule has 0 atom stereocenters. The summed E-state index contributed by atoms with van der Waals surface area (Å²) in [6.07, 6.45) is 1.78. The van der Waals surface area contributed by atoms with E-state index in [2.05, 4.69) is 15.1 Å². The molecule has 0 aliphatic carbocycles. The van der Waals surface area contributed by atoms with E-state index in [-0.39, 0.29) is 12.3 Å². The number of rotatable bonds is 6. The van der Waals surface area contributed by atoms with Crippen molar-refractivity contribution in [3.8, 4) is 0 Å². The van der Waals surface area contributed by atoms with Gasteiger partial charge < -0.3 is 5.32 Å². The van der Waals surface area contributed by atoms with Crippen molar-refractivity contribution < 1.29 is 8.42 Å². The fourth-order valence-electron chi connectivity index (χ4n) is 1.05. The van der Waals surface area contributed by atoms with Crippen LogP contribution in [0.1, 0.15) is 5.69 Å². The number of aromatic nitrogens is 2. The van der Waals surface area contributed by atoms with Crippen LogP contribution in [0.3, 0.4) is 0 Å². The molecule has 2 N–H and O–H groups in total. The summed E-state index contributed by atoms with van der Waals surface area (Å²) in [6.45, 7) is 0.685. The number of nitrogens with zero attached hydrogens (tertiary/aromatic N) is 2. The first-order valence-corrected chi connectivity index (χ1v) is 6.29. The van der Waals surface area contributed by atoms with E-state index in [9.17, 15) is 8.42 Å². The van der Waals surface area contributed by atoms with Crippen molar-refractivity contribution in [2.24, 2.45) is 7.05 Å². The van der Waals surface area contributed by atoms with Gasteiger partial charge in [-0.05, 0) is 13.1 Å². The Kier molecular flexibility index (Phi) is 4.25. The molecule has 0 bridgehead atoms. The van der Waals surface area contributed by atoms with Crippen LogP contribution < -0.4 is 10.0 Å². The van der Waals surface area contributed by atoms with E-state index in [1.807, 2.05) is 0 Å². The molecule has 0 unspecified atom stereocenters. The van der Waals surface area contributed by atoms with Gasteiger partial charge in [-0.15, -0.1) is 0 Å². The molecule has 0 saturated carbocycles. The highest BCUT2D eigenvalue weighted by molar-refractivity contribution is 7.89. The highest BCUT2D eigenvalue weighted by atomic mass is 32.2. The monoisotopic (exact) mass is 232 g/mol. The number of aryl methyl sites for hydroxylation is 1. The van der Waals surface area contributed by atoms with Gasteiger partial charge in [0.1, 0.15) is 0 Å². The second kappa shape index (κ2) is 5.24. The molecule has 1 aromatic heterocycles. The topological polar surface area (TPSA) is 76.0 Å². The molecule has 1 aromatic rings. The highest BCUT2D eigenvalue weighted by Gasteiger charge is 2.09. The molecule has 6 nitrogen and oxygen atoms in total. The largest absolute Gasteiger partial charge is 0.319 e. The van der Waals surface area contributed by atoms with E-state index in [1.54, 1.807) is 31.0 Å². The third-order valence-corrected chi connectivity index (χ3v) is 3.19. The number of sulfonamides is 1. The molecular weight excluding hydrogens is 216 g/mol. The van der Waals surface area contributed by atoms with Crippen molar-refractivity contribution in [1.29, 1.82) is 0 Å². The Hall–Kier alpha value is -0.920. The second-order valence-electron chi connectivity index (χ2n) is 3.22. The summed E-state index contributed by atoms with van der Waals surface area (Å²) >= 11 is 0. The Morgan fingerprint density at radius 2 is 2.27 bits per heavy atom. The van der Waals surface area contributed by atoms with E-state index in [4.69, 9.17) is 0 Å². The fourth-order valence-corrected chi connectivity index (χ4v) is 2.03. The quantitative estimate of drug-likeness (QED) is 0.663. The third kappa shape index (κ3) is 4.41. The Morgan fingerprint density at radius 3 is 2.80 bits per heavy atom. The molecule has 1 rings (SSSR count). The maximum absolute atomic E-state index is 11.4. The summed E-state index contributed by atoms with van der Waals surface area (Å²) in [7, 11) is 0.313. The third-order valence-electron chi connectivity index (χ3n) is 1.86. The van der Waals surface area contributed by atoms with Crippen LogP contribution in [0, 0.1) is 0 Å². The maximum atomic E-state index is 11.4. The molecule has 86 valence electrons. The van der Waals surface area contributed by atoms with Crippen molar-refractivity contribution in [3.63, 3.8) is 0 Å². The van der Waals surface area contributed by atoms with Gasteiger partial charge in [0, 0.05) is 19.8 Å². The Balaban J connectivity index is 2.42. The van der Waals surface area contributed by atoms with Gasteiger partial charge in [-0.1, -0.05) is 0 Å². The number of nitrogens with one attached hydrogen (secondary N) is 2. The van der Waals surface area contributed by atoms with Crippen LogP contribution in [0.2, 0.25) is 0 Å². The van der Waals surface area contributed by atoms with Crippen molar-refractivity contribution in [2.75, 3.05) is 19.3 Å². The summed E-state index contributed by atoms with van der Waals surface area (Å²) in [5.74, 6) is 0.0797. The molecule has 15 heavy (non-hydrogen) atoms. The number of hydrogen-bond donors (Lipinski definition) is 2. The first-order valence-electron chi connectivity index (χ1n) is 4.64. The minimum absolute atomic E-state index is 0.0797. The van der Waals surface area contributed by atoms with E-state index in [0.29, 0.717) is 12.2 Å². The van der Waals surface area contributed by atoms with Crippen LogP contribution in [-0.4, -0.2) is 37.5 Å². The first-order chi connectivity index (χ1) is 7.03. The van der Waals surface area contributed by atoms with Crippen molar-refractivity contribution in [2.45, 2.75) is 6.54 Å². The first kappa shape index (κ1) is 12.2. The zero-order valence-corrected chi connectivity index (χ0v) is 9.71. The molecule has 0 radical (unpaired) electrons. The molecule has 0 fully saturated rings. The predicted molar refractivity (Wildman–Crippen MR) is 57.8 cm³/mol. The molecule has 0 spiro atoms. The van der Waals surface area contributed by atoms with Crippen LogP contribution in [0.25, 0.3) is 0 Å². The van der Waals surface area contributed by atoms with E-state index >= 15 is 0 Å². The molecule has 0 saturated heterocycles. The SMILES string of the molecule is CNCCS(=O)(=O)NCc1ccn(C)n1. The Morgan fingerprint density at radius 1 is 1.53 bits per heavy atom. The van der Waals surface area contributed by atoms with Crippen LogP contribution in [0.4, 0.5) is 0 Å². The number of hydrogen-bond acceptors (Lipinski definition) is 4. The molecule has 0 aliphatic rings. The Bertz CT molecular complexity index is 399. The van der Waals surface area contributed by atoms with Gasteiger partial charge in [-0.25, -0.2) is 13.1 Å². The van der Waals surface area contributed by atoms with E-state index < -0.39 is 10.0 Å². The summed E-state index contributed by atoms with van der Waals surface area (Å²) in [5.41, 5.74) is 0.713.